The van der Waals surface area contributed by atoms with Crippen LogP contribution in [0, 0.1) is 5.92 Å². The van der Waals surface area contributed by atoms with Crippen molar-refractivity contribution in [2.75, 3.05) is 38.6 Å². The van der Waals surface area contributed by atoms with Crippen LogP contribution in [0.5, 0.6) is 0 Å². The Bertz CT molecular complexity index is 405. The lowest BCUT2D eigenvalue weighted by atomic mass is 10.1. The lowest BCUT2D eigenvalue weighted by Gasteiger charge is -2.21. The van der Waals surface area contributed by atoms with Crippen LogP contribution in [0.4, 0.5) is 5.69 Å². The number of carboxylic acids is 1. The molecule has 1 aromatic rings. The molecule has 0 aliphatic carbocycles. The van der Waals surface area contributed by atoms with Crippen molar-refractivity contribution in [1.29, 1.82) is 0 Å². The Morgan fingerprint density at radius 2 is 2.47 bits per heavy atom. The van der Waals surface area contributed by atoms with Gasteiger partial charge in [0.05, 0.1) is 0 Å². The molecule has 1 atom stereocenters. The predicted molar refractivity (Wildman–Crippen MR) is 70.2 cm³/mol. The third kappa shape index (κ3) is 2.98. The summed E-state index contributed by atoms with van der Waals surface area (Å²) >= 11 is 1.29. The van der Waals surface area contributed by atoms with Gasteiger partial charge in [-0.25, -0.2) is 4.79 Å². The standard InChI is InChI=1S/C12H18N2O2S/c1-13-4-3-9(6-13)7-14(2)10-5-11(12(15)16)17-8-10/h5,8-9H,3-4,6-7H2,1-2H3,(H,15,16). The van der Waals surface area contributed by atoms with Gasteiger partial charge in [0, 0.05) is 31.2 Å². The van der Waals surface area contributed by atoms with E-state index in [2.05, 4.69) is 16.8 Å². The Hall–Kier alpha value is -1.07. The van der Waals surface area contributed by atoms with Gasteiger partial charge in [0.2, 0.25) is 0 Å². The number of rotatable bonds is 4. The smallest absolute Gasteiger partial charge is 0.345 e. The Morgan fingerprint density at radius 1 is 1.71 bits per heavy atom. The first-order valence-corrected chi connectivity index (χ1v) is 6.65. The molecule has 1 unspecified atom stereocenters. The Labute approximate surface area is 105 Å². The number of carbonyl (C=O) groups is 1. The molecule has 1 aliphatic rings. The quantitative estimate of drug-likeness (QED) is 0.890. The fourth-order valence-corrected chi connectivity index (χ4v) is 3.09. The van der Waals surface area contributed by atoms with Gasteiger partial charge in [-0.2, -0.15) is 0 Å². The normalized spacial score (nSPS) is 20.7. The van der Waals surface area contributed by atoms with E-state index in [4.69, 9.17) is 5.11 Å². The predicted octanol–water partition coefficient (Wildman–Crippen LogP) is 1.83. The van der Waals surface area contributed by atoms with Gasteiger partial charge in [0.1, 0.15) is 4.88 Å². The van der Waals surface area contributed by atoms with E-state index in [1.165, 1.54) is 24.3 Å². The van der Waals surface area contributed by atoms with Crippen molar-refractivity contribution in [3.05, 3.63) is 16.3 Å². The molecule has 4 nitrogen and oxygen atoms in total. The average molecular weight is 254 g/mol. The maximum Gasteiger partial charge on any atom is 0.345 e. The number of anilines is 1. The maximum absolute atomic E-state index is 10.8. The van der Waals surface area contributed by atoms with Crippen LogP contribution >= 0.6 is 11.3 Å². The fraction of sp³-hybridized carbons (Fsp3) is 0.583. The van der Waals surface area contributed by atoms with Gasteiger partial charge in [-0.3, -0.25) is 0 Å². The Morgan fingerprint density at radius 3 is 3.00 bits per heavy atom. The molecule has 0 aromatic carbocycles. The Kier molecular flexibility index (Phi) is 3.69. The minimum atomic E-state index is -0.838. The molecule has 1 N–H and O–H groups in total. The third-order valence-corrected chi connectivity index (χ3v) is 4.16. The van der Waals surface area contributed by atoms with E-state index in [0.29, 0.717) is 10.8 Å². The van der Waals surface area contributed by atoms with Gasteiger partial charge in [0.25, 0.3) is 0 Å². The summed E-state index contributed by atoms with van der Waals surface area (Å²) < 4.78 is 0. The number of hydrogen-bond acceptors (Lipinski definition) is 4. The summed E-state index contributed by atoms with van der Waals surface area (Å²) in [5.41, 5.74) is 1.02. The first-order chi connectivity index (χ1) is 8.06. The molecule has 0 saturated carbocycles. The molecule has 17 heavy (non-hydrogen) atoms. The van der Waals surface area contributed by atoms with Crippen molar-refractivity contribution in [3.63, 3.8) is 0 Å². The number of aromatic carboxylic acids is 1. The first kappa shape index (κ1) is 12.4. The van der Waals surface area contributed by atoms with E-state index in [-0.39, 0.29) is 0 Å². The largest absolute Gasteiger partial charge is 0.477 e. The summed E-state index contributed by atoms with van der Waals surface area (Å²) in [6.45, 7) is 3.31. The second-order valence-electron chi connectivity index (χ2n) is 4.77. The van der Waals surface area contributed by atoms with E-state index in [9.17, 15) is 4.79 Å². The van der Waals surface area contributed by atoms with Crippen molar-refractivity contribution < 1.29 is 9.90 Å². The van der Waals surface area contributed by atoms with Crippen LogP contribution < -0.4 is 4.90 Å². The molecular formula is C12H18N2O2S. The van der Waals surface area contributed by atoms with Crippen molar-refractivity contribution in [2.24, 2.45) is 5.92 Å². The third-order valence-electron chi connectivity index (χ3n) is 3.26. The molecule has 2 rings (SSSR count). The highest BCUT2D eigenvalue weighted by Crippen LogP contribution is 2.24. The van der Waals surface area contributed by atoms with Gasteiger partial charge in [-0.05, 0) is 32.0 Å². The minimum Gasteiger partial charge on any atom is -0.477 e. The van der Waals surface area contributed by atoms with Crippen LogP contribution in [0.25, 0.3) is 0 Å². The molecule has 1 saturated heterocycles. The van der Waals surface area contributed by atoms with Crippen molar-refractivity contribution >= 4 is 23.0 Å². The number of thiophene rings is 1. The van der Waals surface area contributed by atoms with Gasteiger partial charge in [-0.1, -0.05) is 0 Å². The van der Waals surface area contributed by atoms with Crippen LogP contribution in [0.2, 0.25) is 0 Å². The second kappa shape index (κ2) is 5.06. The lowest BCUT2D eigenvalue weighted by molar-refractivity contribution is 0.0702. The monoisotopic (exact) mass is 254 g/mol. The van der Waals surface area contributed by atoms with Gasteiger partial charge < -0.3 is 14.9 Å². The SMILES string of the molecule is CN1CCC(CN(C)c2csc(C(=O)O)c2)C1. The van der Waals surface area contributed by atoms with Crippen LogP contribution in [0.15, 0.2) is 11.4 Å². The van der Waals surface area contributed by atoms with Crippen LogP contribution in [0.3, 0.4) is 0 Å². The molecule has 1 aliphatic heterocycles. The summed E-state index contributed by atoms with van der Waals surface area (Å²) in [6, 6.07) is 1.76. The summed E-state index contributed by atoms with van der Waals surface area (Å²) in [6.07, 6.45) is 1.23. The molecule has 5 heteroatoms. The van der Waals surface area contributed by atoms with Crippen molar-refractivity contribution in [2.45, 2.75) is 6.42 Å². The topological polar surface area (TPSA) is 43.8 Å². The fourth-order valence-electron chi connectivity index (χ4n) is 2.31. The molecule has 0 radical (unpaired) electrons. The average Bonchev–Trinajstić information content (AvgIpc) is 2.86. The number of carboxylic acid groups (broad SMARTS) is 1. The van der Waals surface area contributed by atoms with Gasteiger partial charge >= 0.3 is 5.97 Å². The second-order valence-corrected chi connectivity index (χ2v) is 5.68. The number of nitrogens with zero attached hydrogens (tertiary/aromatic N) is 2. The van der Waals surface area contributed by atoms with E-state index >= 15 is 0 Å². The van der Waals surface area contributed by atoms with Crippen molar-refractivity contribution in [1.82, 2.24) is 4.90 Å². The van der Waals surface area contributed by atoms with Crippen molar-refractivity contribution in [3.8, 4) is 0 Å². The molecule has 0 spiro atoms. The highest BCUT2D eigenvalue weighted by molar-refractivity contribution is 7.12. The summed E-state index contributed by atoms with van der Waals surface area (Å²) in [4.78, 5) is 15.7. The van der Waals surface area contributed by atoms with Gasteiger partial charge in [-0.15, -0.1) is 11.3 Å². The molecule has 94 valence electrons. The summed E-state index contributed by atoms with van der Waals surface area (Å²) in [5, 5.41) is 10.8. The highest BCUT2D eigenvalue weighted by atomic mass is 32.1. The highest BCUT2D eigenvalue weighted by Gasteiger charge is 2.21. The molecular weight excluding hydrogens is 236 g/mol. The van der Waals surface area contributed by atoms with E-state index in [0.717, 1.165) is 18.8 Å². The van der Waals surface area contributed by atoms with Gasteiger partial charge in [0.15, 0.2) is 0 Å². The molecule has 1 fully saturated rings. The maximum atomic E-state index is 10.8. The Balaban J connectivity index is 1.94. The van der Waals surface area contributed by atoms with E-state index in [1.807, 2.05) is 12.4 Å². The number of likely N-dealkylation sites (tertiary alicyclic amines) is 1. The minimum absolute atomic E-state index is 0.412. The molecule has 1 aromatic heterocycles. The number of hydrogen-bond donors (Lipinski definition) is 1. The van der Waals surface area contributed by atoms with Crippen LogP contribution in [-0.2, 0) is 0 Å². The molecule has 0 amide bonds. The van der Waals surface area contributed by atoms with Crippen LogP contribution in [0.1, 0.15) is 16.1 Å². The van der Waals surface area contributed by atoms with E-state index in [1.54, 1.807) is 6.07 Å². The zero-order valence-electron chi connectivity index (χ0n) is 10.2. The van der Waals surface area contributed by atoms with E-state index < -0.39 is 5.97 Å². The summed E-state index contributed by atoms with van der Waals surface area (Å²) in [7, 11) is 4.18. The molecule has 2 heterocycles. The first-order valence-electron chi connectivity index (χ1n) is 5.78. The van der Waals surface area contributed by atoms with Crippen LogP contribution in [-0.4, -0.2) is 49.7 Å². The zero-order valence-corrected chi connectivity index (χ0v) is 11.0. The summed E-state index contributed by atoms with van der Waals surface area (Å²) in [5.74, 6) is -0.145. The molecule has 0 bridgehead atoms. The zero-order chi connectivity index (χ0) is 12.4. The lowest BCUT2D eigenvalue weighted by Crippen LogP contribution is -2.26.